The minimum absolute atomic E-state index is 0.137. The van der Waals surface area contributed by atoms with E-state index in [2.05, 4.69) is 14.8 Å². The van der Waals surface area contributed by atoms with Crippen LogP contribution in [0.25, 0.3) is 0 Å². The number of thiophene rings is 1. The number of nitrogens with zero attached hydrogens (tertiary/aromatic N) is 4. The van der Waals surface area contributed by atoms with Gasteiger partial charge in [-0.15, -0.1) is 11.3 Å². The van der Waals surface area contributed by atoms with Crippen LogP contribution in [0.1, 0.15) is 10.7 Å². The summed E-state index contributed by atoms with van der Waals surface area (Å²) in [6, 6.07) is 4.81. The number of nitriles is 1. The molecule has 0 saturated heterocycles. The minimum Gasteiger partial charge on any atom is -0.256 e. The summed E-state index contributed by atoms with van der Waals surface area (Å²) in [6.45, 7) is 0.214. The molecule has 0 radical (unpaired) electrons. The first-order chi connectivity index (χ1) is 9.01. The van der Waals surface area contributed by atoms with Crippen LogP contribution in [0.3, 0.4) is 0 Å². The molecule has 19 heavy (non-hydrogen) atoms. The van der Waals surface area contributed by atoms with E-state index in [0.29, 0.717) is 17.1 Å². The van der Waals surface area contributed by atoms with Gasteiger partial charge in [0, 0.05) is 20.0 Å². The highest BCUT2D eigenvalue weighted by atomic mass is 32.2. The molecule has 0 amide bonds. The predicted molar refractivity (Wildman–Crippen MR) is 68.9 cm³/mol. The molecule has 2 rings (SSSR count). The Morgan fingerprint density at radius 3 is 2.89 bits per heavy atom. The third-order valence-electron chi connectivity index (χ3n) is 2.24. The number of hydrogen-bond donors (Lipinski definition) is 1. The second kappa shape index (κ2) is 5.48. The Morgan fingerprint density at radius 1 is 1.53 bits per heavy atom. The molecule has 9 heteroatoms. The first kappa shape index (κ1) is 13.7. The van der Waals surface area contributed by atoms with Gasteiger partial charge < -0.3 is 0 Å². The highest BCUT2D eigenvalue weighted by Gasteiger charge is 2.16. The fraction of sp³-hybridized carbons (Fsp3) is 0.300. The maximum absolute atomic E-state index is 11.9. The molecule has 100 valence electrons. The smallest absolute Gasteiger partial charge is 0.250 e. The van der Waals surface area contributed by atoms with Crippen LogP contribution in [0.4, 0.5) is 0 Å². The molecular formula is C10H11N5O2S2. The van der Waals surface area contributed by atoms with E-state index in [-0.39, 0.29) is 10.8 Å². The van der Waals surface area contributed by atoms with Crippen molar-refractivity contribution in [2.75, 3.05) is 6.54 Å². The van der Waals surface area contributed by atoms with Crippen LogP contribution in [-0.4, -0.2) is 29.7 Å². The van der Waals surface area contributed by atoms with Gasteiger partial charge in [0.25, 0.3) is 0 Å². The van der Waals surface area contributed by atoms with Crippen LogP contribution in [-0.2, 0) is 23.5 Å². The van der Waals surface area contributed by atoms with E-state index in [1.54, 1.807) is 18.1 Å². The van der Waals surface area contributed by atoms with E-state index in [0.717, 1.165) is 11.3 Å². The summed E-state index contributed by atoms with van der Waals surface area (Å²) >= 11 is 0.943. The van der Waals surface area contributed by atoms with Crippen molar-refractivity contribution in [1.82, 2.24) is 19.5 Å². The summed E-state index contributed by atoms with van der Waals surface area (Å²) in [4.78, 5) is 4.37. The molecule has 7 nitrogen and oxygen atoms in total. The first-order valence-corrected chi connectivity index (χ1v) is 7.65. The van der Waals surface area contributed by atoms with Gasteiger partial charge in [-0.2, -0.15) is 10.4 Å². The van der Waals surface area contributed by atoms with Gasteiger partial charge >= 0.3 is 0 Å². The zero-order valence-corrected chi connectivity index (χ0v) is 11.7. The third-order valence-corrected chi connectivity index (χ3v) is 5.19. The lowest BCUT2D eigenvalue weighted by Crippen LogP contribution is -2.25. The van der Waals surface area contributed by atoms with E-state index < -0.39 is 10.0 Å². The zero-order valence-electron chi connectivity index (χ0n) is 10.1. The number of aryl methyl sites for hydroxylation is 1. The van der Waals surface area contributed by atoms with Crippen molar-refractivity contribution >= 4 is 21.4 Å². The quantitative estimate of drug-likeness (QED) is 0.853. The fourth-order valence-electron chi connectivity index (χ4n) is 1.39. The van der Waals surface area contributed by atoms with Gasteiger partial charge in [-0.25, -0.2) is 18.1 Å². The average molecular weight is 297 g/mol. The summed E-state index contributed by atoms with van der Waals surface area (Å²) < 4.78 is 28.0. The van der Waals surface area contributed by atoms with Crippen molar-refractivity contribution in [3.63, 3.8) is 0 Å². The van der Waals surface area contributed by atoms with Crippen molar-refractivity contribution in [3.8, 4) is 6.07 Å². The van der Waals surface area contributed by atoms with Gasteiger partial charge in [0.2, 0.25) is 10.0 Å². The normalized spacial score (nSPS) is 11.4. The van der Waals surface area contributed by atoms with Crippen LogP contribution >= 0.6 is 11.3 Å². The van der Waals surface area contributed by atoms with Gasteiger partial charge in [-0.05, 0) is 12.1 Å². The molecule has 0 bridgehead atoms. The Labute approximate surface area is 114 Å². The zero-order chi connectivity index (χ0) is 13.9. The average Bonchev–Trinajstić information content (AvgIpc) is 2.98. The van der Waals surface area contributed by atoms with Gasteiger partial charge in [-0.1, -0.05) is 0 Å². The lowest BCUT2D eigenvalue weighted by molar-refractivity contribution is 0.582. The second-order valence-corrected chi connectivity index (χ2v) is 6.79. The van der Waals surface area contributed by atoms with Crippen LogP contribution in [0.5, 0.6) is 0 Å². The van der Waals surface area contributed by atoms with Crippen molar-refractivity contribution in [2.24, 2.45) is 7.05 Å². The first-order valence-electron chi connectivity index (χ1n) is 5.35. The Hall–Kier alpha value is -1.76. The fourth-order valence-corrected chi connectivity index (χ4v) is 3.57. The van der Waals surface area contributed by atoms with Gasteiger partial charge in [0.15, 0.2) is 5.82 Å². The van der Waals surface area contributed by atoms with Gasteiger partial charge in [-0.3, -0.25) is 4.68 Å². The van der Waals surface area contributed by atoms with Crippen LogP contribution < -0.4 is 4.72 Å². The standard InChI is InChI=1S/C10H11N5O2S2/c1-15-7-12-9(14-15)4-5-13-19(16,17)10-3-2-8(6-11)18-10/h2-3,7,13H,4-5H2,1H3. The predicted octanol–water partition coefficient (Wildman–Crippen LogP) is 0.269. The van der Waals surface area contributed by atoms with Crippen molar-refractivity contribution in [3.05, 3.63) is 29.2 Å². The largest absolute Gasteiger partial charge is 0.256 e. The molecule has 0 aliphatic carbocycles. The summed E-state index contributed by atoms with van der Waals surface area (Å²) in [5, 5.41) is 12.7. The maximum Gasteiger partial charge on any atom is 0.250 e. The topological polar surface area (TPSA) is 101 Å². The van der Waals surface area contributed by atoms with E-state index in [9.17, 15) is 8.42 Å². The molecular weight excluding hydrogens is 286 g/mol. The highest BCUT2D eigenvalue weighted by molar-refractivity contribution is 7.91. The highest BCUT2D eigenvalue weighted by Crippen LogP contribution is 2.20. The molecule has 2 aromatic heterocycles. The van der Waals surface area contributed by atoms with Gasteiger partial charge in [0.1, 0.15) is 21.5 Å². The molecule has 0 aromatic carbocycles. The molecule has 0 aliphatic rings. The molecule has 0 fully saturated rings. The molecule has 0 unspecified atom stereocenters. The SMILES string of the molecule is Cn1cnc(CCNS(=O)(=O)c2ccc(C#N)s2)n1. The lowest BCUT2D eigenvalue weighted by atomic mass is 10.4. The second-order valence-electron chi connectivity index (χ2n) is 3.71. The van der Waals surface area contributed by atoms with Crippen LogP contribution in [0.2, 0.25) is 0 Å². The van der Waals surface area contributed by atoms with Crippen molar-refractivity contribution in [2.45, 2.75) is 10.6 Å². The van der Waals surface area contributed by atoms with E-state index in [1.807, 2.05) is 6.07 Å². The molecule has 0 saturated carbocycles. The van der Waals surface area contributed by atoms with E-state index >= 15 is 0 Å². The summed E-state index contributed by atoms with van der Waals surface area (Å²) in [7, 11) is -1.81. The van der Waals surface area contributed by atoms with E-state index in [1.165, 1.54) is 12.1 Å². The Morgan fingerprint density at radius 2 is 2.32 bits per heavy atom. The van der Waals surface area contributed by atoms with Crippen molar-refractivity contribution in [1.29, 1.82) is 5.26 Å². The Bertz CT molecular complexity index is 710. The van der Waals surface area contributed by atoms with Crippen LogP contribution in [0, 0.1) is 11.3 Å². The van der Waals surface area contributed by atoms with Gasteiger partial charge in [0.05, 0.1) is 0 Å². The van der Waals surface area contributed by atoms with E-state index in [4.69, 9.17) is 5.26 Å². The lowest BCUT2D eigenvalue weighted by Gasteiger charge is -2.02. The number of aromatic nitrogens is 3. The van der Waals surface area contributed by atoms with Crippen LogP contribution in [0.15, 0.2) is 22.7 Å². The molecule has 1 N–H and O–H groups in total. The number of hydrogen-bond acceptors (Lipinski definition) is 6. The Balaban J connectivity index is 1.96. The number of nitrogens with one attached hydrogen (secondary N) is 1. The minimum atomic E-state index is -3.56. The molecule has 0 spiro atoms. The summed E-state index contributed by atoms with van der Waals surface area (Å²) in [5.41, 5.74) is 0. The number of sulfonamides is 1. The Kier molecular flexibility index (Phi) is 3.94. The summed E-state index contributed by atoms with van der Waals surface area (Å²) in [6.07, 6.45) is 1.97. The monoisotopic (exact) mass is 297 g/mol. The third kappa shape index (κ3) is 3.37. The molecule has 0 atom stereocenters. The molecule has 2 aromatic rings. The number of rotatable bonds is 5. The molecule has 0 aliphatic heterocycles. The molecule has 2 heterocycles. The summed E-state index contributed by atoms with van der Waals surface area (Å²) in [5.74, 6) is 0.578. The van der Waals surface area contributed by atoms with Crippen molar-refractivity contribution < 1.29 is 8.42 Å². The maximum atomic E-state index is 11.9.